The average Bonchev–Trinajstić information content (AvgIpc) is 2.89. The summed E-state index contributed by atoms with van der Waals surface area (Å²) >= 11 is 0. The number of hydrogen-bond acceptors (Lipinski definition) is 5. The molecule has 5 heteroatoms. The van der Waals surface area contributed by atoms with Crippen LogP contribution in [0.5, 0.6) is 5.75 Å². The van der Waals surface area contributed by atoms with Gasteiger partial charge in [-0.25, -0.2) is 0 Å². The molecule has 0 aliphatic heterocycles. The Balaban J connectivity index is 1.88. The molecule has 0 spiro atoms. The number of hydrogen-bond donors (Lipinski definition) is 1. The highest BCUT2D eigenvalue weighted by Crippen LogP contribution is 2.19. The van der Waals surface area contributed by atoms with Crippen molar-refractivity contribution in [2.45, 2.75) is 32.7 Å². The van der Waals surface area contributed by atoms with Crippen molar-refractivity contribution in [2.24, 2.45) is 0 Å². The molecule has 0 saturated heterocycles. The van der Waals surface area contributed by atoms with Crippen molar-refractivity contribution < 1.29 is 9.26 Å². The lowest BCUT2D eigenvalue weighted by atomic mass is 10.0. The van der Waals surface area contributed by atoms with Crippen molar-refractivity contribution in [3.05, 3.63) is 41.5 Å². The van der Waals surface area contributed by atoms with Crippen molar-refractivity contribution in [1.29, 1.82) is 0 Å². The molecule has 1 heterocycles. The third-order valence-electron chi connectivity index (χ3n) is 3.24. The van der Waals surface area contributed by atoms with E-state index in [9.17, 15) is 0 Å². The molecular weight excluding hydrogens is 254 g/mol. The van der Waals surface area contributed by atoms with Gasteiger partial charge in [0.15, 0.2) is 5.82 Å². The first-order valence-electron chi connectivity index (χ1n) is 6.89. The molecule has 1 aromatic heterocycles. The molecule has 2 rings (SSSR count). The molecule has 0 radical (unpaired) electrons. The number of rotatable bonds is 7. The number of benzene rings is 1. The highest BCUT2D eigenvalue weighted by molar-refractivity contribution is 5.29. The van der Waals surface area contributed by atoms with Crippen LogP contribution < -0.4 is 10.1 Å². The maximum atomic E-state index is 5.18. The van der Waals surface area contributed by atoms with Gasteiger partial charge in [-0.15, -0.1) is 0 Å². The standard InChI is InChI=1S/C15H21N3O2/c1-4-14(12-5-7-13(19-3)8-6-12)16-10-9-15-17-11(2)20-18-15/h5-8,14,16H,4,9-10H2,1-3H3. The van der Waals surface area contributed by atoms with E-state index in [-0.39, 0.29) is 0 Å². The van der Waals surface area contributed by atoms with Gasteiger partial charge in [-0.3, -0.25) is 0 Å². The summed E-state index contributed by atoms with van der Waals surface area (Å²) < 4.78 is 10.1. The van der Waals surface area contributed by atoms with E-state index in [4.69, 9.17) is 9.26 Å². The molecule has 1 aromatic carbocycles. The molecule has 0 amide bonds. The van der Waals surface area contributed by atoms with E-state index in [0.29, 0.717) is 11.9 Å². The van der Waals surface area contributed by atoms with Crippen molar-refractivity contribution in [2.75, 3.05) is 13.7 Å². The fourth-order valence-corrected chi connectivity index (χ4v) is 2.14. The van der Waals surface area contributed by atoms with E-state index in [2.05, 4.69) is 34.5 Å². The Bertz CT molecular complexity index is 522. The van der Waals surface area contributed by atoms with E-state index in [1.165, 1.54) is 5.56 Å². The first-order valence-corrected chi connectivity index (χ1v) is 6.89. The van der Waals surface area contributed by atoms with E-state index in [0.717, 1.165) is 31.0 Å². The third-order valence-corrected chi connectivity index (χ3v) is 3.24. The Labute approximate surface area is 119 Å². The van der Waals surface area contributed by atoms with Gasteiger partial charge >= 0.3 is 0 Å². The van der Waals surface area contributed by atoms with Crippen LogP contribution in [0.3, 0.4) is 0 Å². The number of methoxy groups -OCH3 is 1. The summed E-state index contributed by atoms with van der Waals surface area (Å²) in [6, 6.07) is 8.50. The van der Waals surface area contributed by atoms with Crippen LogP contribution in [0.25, 0.3) is 0 Å². The zero-order valence-corrected chi connectivity index (χ0v) is 12.2. The van der Waals surface area contributed by atoms with E-state index in [1.54, 1.807) is 14.0 Å². The van der Waals surface area contributed by atoms with Crippen LogP contribution >= 0.6 is 0 Å². The lowest BCUT2D eigenvalue weighted by molar-refractivity contribution is 0.386. The molecule has 0 saturated carbocycles. The van der Waals surface area contributed by atoms with Gasteiger partial charge < -0.3 is 14.6 Å². The molecule has 0 bridgehead atoms. The minimum atomic E-state index is 0.328. The molecule has 2 aromatic rings. The van der Waals surface area contributed by atoms with Gasteiger partial charge in [0.25, 0.3) is 0 Å². The van der Waals surface area contributed by atoms with Gasteiger partial charge in [0.05, 0.1) is 7.11 Å². The predicted octanol–water partition coefficient (Wildman–Crippen LogP) is 2.67. The number of ether oxygens (including phenoxy) is 1. The van der Waals surface area contributed by atoms with Crippen LogP contribution in [0.2, 0.25) is 0 Å². The summed E-state index contributed by atoms with van der Waals surface area (Å²) in [5, 5.41) is 7.41. The lowest BCUT2D eigenvalue weighted by Gasteiger charge is -2.17. The van der Waals surface area contributed by atoms with E-state index in [1.807, 2.05) is 12.1 Å². The van der Waals surface area contributed by atoms with Crippen LogP contribution in [0, 0.1) is 6.92 Å². The van der Waals surface area contributed by atoms with Crippen molar-refractivity contribution >= 4 is 0 Å². The number of nitrogens with zero attached hydrogens (tertiary/aromatic N) is 2. The van der Waals surface area contributed by atoms with E-state index < -0.39 is 0 Å². The summed E-state index contributed by atoms with van der Waals surface area (Å²) in [7, 11) is 1.68. The van der Waals surface area contributed by atoms with Gasteiger partial charge in [-0.2, -0.15) is 4.98 Å². The van der Waals surface area contributed by atoms with Crippen LogP contribution in [0.4, 0.5) is 0 Å². The number of nitrogens with one attached hydrogen (secondary N) is 1. The normalized spacial score (nSPS) is 12.3. The molecule has 20 heavy (non-hydrogen) atoms. The highest BCUT2D eigenvalue weighted by Gasteiger charge is 2.09. The maximum absolute atomic E-state index is 5.18. The SMILES string of the molecule is CCC(NCCc1noc(C)n1)c1ccc(OC)cc1. The topological polar surface area (TPSA) is 60.2 Å². The molecule has 108 valence electrons. The molecule has 1 unspecified atom stereocenters. The monoisotopic (exact) mass is 275 g/mol. The fourth-order valence-electron chi connectivity index (χ4n) is 2.14. The Hall–Kier alpha value is -1.88. The summed E-state index contributed by atoms with van der Waals surface area (Å²) in [4.78, 5) is 4.19. The second-order valence-electron chi connectivity index (χ2n) is 4.67. The van der Waals surface area contributed by atoms with Gasteiger partial charge in [-0.05, 0) is 24.1 Å². The minimum Gasteiger partial charge on any atom is -0.497 e. The molecule has 5 nitrogen and oxygen atoms in total. The summed E-state index contributed by atoms with van der Waals surface area (Å²) in [6.07, 6.45) is 1.79. The summed E-state index contributed by atoms with van der Waals surface area (Å²) in [6.45, 7) is 4.79. The Kier molecular flexibility index (Phi) is 5.12. The Morgan fingerprint density at radius 3 is 2.60 bits per heavy atom. The second kappa shape index (κ2) is 7.05. The van der Waals surface area contributed by atoms with Crippen LogP contribution in [-0.2, 0) is 6.42 Å². The second-order valence-corrected chi connectivity index (χ2v) is 4.67. The summed E-state index contributed by atoms with van der Waals surface area (Å²) in [5.74, 6) is 2.24. The zero-order chi connectivity index (χ0) is 14.4. The number of aromatic nitrogens is 2. The molecule has 0 fully saturated rings. The first-order chi connectivity index (χ1) is 9.72. The summed E-state index contributed by atoms with van der Waals surface area (Å²) in [5.41, 5.74) is 1.26. The fraction of sp³-hybridized carbons (Fsp3) is 0.467. The van der Waals surface area contributed by atoms with Gasteiger partial charge in [-0.1, -0.05) is 24.2 Å². The Morgan fingerprint density at radius 1 is 1.30 bits per heavy atom. The number of aryl methyl sites for hydroxylation is 1. The first kappa shape index (κ1) is 14.5. The van der Waals surface area contributed by atoms with Crippen molar-refractivity contribution in [3.63, 3.8) is 0 Å². The smallest absolute Gasteiger partial charge is 0.223 e. The highest BCUT2D eigenvalue weighted by atomic mass is 16.5. The van der Waals surface area contributed by atoms with Gasteiger partial charge in [0.2, 0.25) is 5.89 Å². The quantitative estimate of drug-likeness (QED) is 0.841. The molecule has 1 atom stereocenters. The Morgan fingerprint density at radius 2 is 2.05 bits per heavy atom. The zero-order valence-electron chi connectivity index (χ0n) is 12.2. The minimum absolute atomic E-state index is 0.328. The van der Waals surface area contributed by atoms with Crippen molar-refractivity contribution in [1.82, 2.24) is 15.5 Å². The molecule has 0 aliphatic rings. The van der Waals surface area contributed by atoms with Crippen LogP contribution in [0.15, 0.2) is 28.8 Å². The molecule has 1 N–H and O–H groups in total. The van der Waals surface area contributed by atoms with Crippen LogP contribution in [0.1, 0.15) is 36.7 Å². The maximum Gasteiger partial charge on any atom is 0.223 e. The average molecular weight is 275 g/mol. The van der Waals surface area contributed by atoms with Gasteiger partial charge in [0, 0.05) is 25.9 Å². The predicted molar refractivity (Wildman–Crippen MR) is 76.8 cm³/mol. The van der Waals surface area contributed by atoms with Crippen molar-refractivity contribution in [3.8, 4) is 5.75 Å². The third kappa shape index (κ3) is 3.81. The largest absolute Gasteiger partial charge is 0.497 e. The molecular formula is C15H21N3O2. The van der Waals surface area contributed by atoms with Gasteiger partial charge in [0.1, 0.15) is 5.75 Å². The lowest BCUT2D eigenvalue weighted by Crippen LogP contribution is -2.23. The van der Waals surface area contributed by atoms with Crippen LogP contribution in [-0.4, -0.2) is 23.8 Å². The molecule has 0 aliphatic carbocycles. The van der Waals surface area contributed by atoms with E-state index >= 15 is 0 Å².